The predicted octanol–water partition coefficient (Wildman–Crippen LogP) is 1.85. The highest BCUT2D eigenvalue weighted by Crippen LogP contribution is 1.99. The molecule has 0 aliphatic heterocycles. The van der Waals surface area contributed by atoms with Crippen LogP contribution in [0.2, 0.25) is 0 Å². The highest BCUT2D eigenvalue weighted by molar-refractivity contribution is 6.36. The van der Waals surface area contributed by atoms with Gasteiger partial charge in [-0.25, -0.2) is 0 Å². The molecular formula is C8H16Cl2N2. The molecule has 0 radical (unpaired) electrons. The quantitative estimate of drug-likeness (QED) is 0.674. The first-order valence-electron chi connectivity index (χ1n) is 4.04. The van der Waals surface area contributed by atoms with Gasteiger partial charge in [-0.1, -0.05) is 30.1 Å². The van der Waals surface area contributed by atoms with E-state index in [0.717, 1.165) is 19.6 Å². The molecule has 2 nitrogen and oxygen atoms in total. The van der Waals surface area contributed by atoms with Gasteiger partial charge in [-0.15, -0.1) is 0 Å². The molecule has 4 heteroatoms. The van der Waals surface area contributed by atoms with Crippen molar-refractivity contribution in [1.29, 1.82) is 0 Å². The minimum Gasteiger partial charge on any atom is -0.310 e. The molecule has 0 heterocycles. The van der Waals surface area contributed by atoms with Crippen LogP contribution in [-0.2, 0) is 0 Å². The summed E-state index contributed by atoms with van der Waals surface area (Å²) in [6.45, 7) is 5.82. The van der Waals surface area contributed by atoms with Crippen molar-refractivity contribution < 1.29 is 0 Å². The average Bonchev–Trinajstić information content (AvgIpc) is 2.11. The number of nitrogens with zero attached hydrogens (tertiary/aromatic N) is 1. The Labute approximate surface area is 84.5 Å². The Kier molecular flexibility index (Phi) is 8.02. The average molecular weight is 211 g/mol. The van der Waals surface area contributed by atoms with E-state index in [1.165, 1.54) is 5.54 Å². The van der Waals surface area contributed by atoms with Crippen LogP contribution in [0.3, 0.4) is 0 Å². The molecule has 0 saturated carbocycles. The third-order valence-electron chi connectivity index (χ3n) is 1.62. The number of nitrogens with one attached hydrogen (secondary N) is 1. The van der Waals surface area contributed by atoms with E-state index in [2.05, 4.69) is 24.2 Å². The van der Waals surface area contributed by atoms with Crippen LogP contribution in [0.5, 0.6) is 0 Å². The summed E-state index contributed by atoms with van der Waals surface area (Å²) in [5, 5.41) is 3.82. The topological polar surface area (TPSA) is 15.3 Å². The first-order chi connectivity index (χ1) is 5.70. The van der Waals surface area contributed by atoms with Crippen molar-refractivity contribution in [3.05, 3.63) is 10.6 Å². The molecule has 0 aliphatic carbocycles. The van der Waals surface area contributed by atoms with Gasteiger partial charge in [-0.05, 0) is 13.6 Å². The summed E-state index contributed by atoms with van der Waals surface area (Å²) in [6.07, 6.45) is 0. The Balaban J connectivity index is 3.21. The molecular weight excluding hydrogens is 195 g/mol. The maximum atomic E-state index is 5.67. The second-order valence-corrected chi connectivity index (χ2v) is 3.33. The second-order valence-electron chi connectivity index (χ2n) is 2.63. The van der Waals surface area contributed by atoms with Gasteiger partial charge >= 0.3 is 0 Å². The van der Waals surface area contributed by atoms with E-state index in [-0.39, 0.29) is 0 Å². The third-order valence-corrected chi connectivity index (χ3v) is 2.24. The van der Waals surface area contributed by atoms with Crippen molar-refractivity contribution >= 4 is 23.2 Å². The second kappa shape index (κ2) is 7.87. The molecule has 0 amide bonds. The fraction of sp³-hybridized carbons (Fsp3) is 0.750. The molecule has 0 spiro atoms. The Morgan fingerprint density at radius 3 is 2.75 bits per heavy atom. The van der Waals surface area contributed by atoms with Crippen LogP contribution in [0.1, 0.15) is 6.92 Å². The SMILES string of the molecule is CCN(C)CCNCC(Cl)=CCl. The molecule has 72 valence electrons. The molecule has 0 unspecified atom stereocenters. The van der Waals surface area contributed by atoms with Crippen molar-refractivity contribution in [1.82, 2.24) is 10.2 Å². The van der Waals surface area contributed by atoms with E-state index in [9.17, 15) is 0 Å². The summed E-state index contributed by atoms with van der Waals surface area (Å²) in [6, 6.07) is 0. The van der Waals surface area contributed by atoms with E-state index in [0.29, 0.717) is 11.6 Å². The van der Waals surface area contributed by atoms with Crippen LogP contribution < -0.4 is 5.32 Å². The molecule has 0 atom stereocenters. The molecule has 0 aromatic heterocycles. The minimum atomic E-state index is 0.649. The lowest BCUT2D eigenvalue weighted by Crippen LogP contribution is -2.29. The Bertz CT molecular complexity index is 137. The number of halogens is 2. The van der Waals surface area contributed by atoms with Crippen LogP contribution in [0.15, 0.2) is 10.6 Å². The fourth-order valence-corrected chi connectivity index (χ4v) is 0.846. The molecule has 1 N–H and O–H groups in total. The summed E-state index contributed by atoms with van der Waals surface area (Å²) in [5.74, 6) is 0. The summed E-state index contributed by atoms with van der Waals surface area (Å²) in [5.41, 5.74) is 1.39. The van der Waals surface area contributed by atoms with Gasteiger partial charge in [0, 0.05) is 30.2 Å². The summed E-state index contributed by atoms with van der Waals surface area (Å²) in [7, 11) is 2.08. The summed E-state index contributed by atoms with van der Waals surface area (Å²) >= 11 is 11.0. The van der Waals surface area contributed by atoms with Crippen LogP contribution in [0.25, 0.3) is 0 Å². The van der Waals surface area contributed by atoms with Gasteiger partial charge in [0.25, 0.3) is 0 Å². The van der Waals surface area contributed by atoms with Crippen molar-refractivity contribution in [2.75, 3.05) is 33.2 Å². The van der Waals surface area contributed by atoms with E-state index in [1.807, 2.05) is 0 Å². The standard InChI is InChI=1S/C8H16Cl2N2/c1-3-12(2)5-4-11-7-8(10)6-9/h6,11H,3-5,7H2,1-2H3. The lowest BCUT2D eigenvalue weighted by molar-refractivity contribution is 0.351. The smallest absolute Gasteiger partial charge is 0.0431 e. The van der Waals surface area contributed by atoms with E-state index in [4.69, 9.17) is 23.2 Å². The Morgan fingerprint density at radius 2 is 2.25 bits per heavy atom. The zero-order valence-electron chi connectivity index (χ0n) is 7.61. The Hall–Kier alpha value is 0.240. The predicted molar refractivity (Wildman–Crippen MR) is 55.8 cm³/mol. The lowest BCUT2D eigenvalue weighted by atomic mass is 10.5. The van der Waals surface area contributed by atoms with E-state index in [1.54, 1.807) is 0 Å². The molecule has 0 saturated heterocycles. The van der Waals surface area contributed by atoms with Gasteiger partial charge in [0.05, 0.1) is 0 Å². The van der Waals surface area contributed by atoms with Crippen LogP contribution in [0.4, 0.5) is 0 Å². The van der Waals surface area contributed by atoms with Crippen molar-refractivity contribution in [2.45, 2.75) is 6.92 Å². The van der Waals surface area contributed by atoms with Crippen LogP contribution in [-0.4, -0.2) is 38.1 Å². The largest absolute Gasteiger partial charge is 0.310 e. The van der Waals surface area contributed by atoms with Gasteiger partial charge in [0.2, 0.25) is 0 Å². The highest BCUT2D eigenvalue weighted by Gasteiger charge is 1.94. The summed E-state index contributed by atoms with van der Waals surface area (Å²) in [4.78, 5) is 2.23. The molecule has 0 aliphatic rings. The normalized spacial score (nSPS) is 12.6. The number of rotatable bonds is 6. The van der Waals surface area contributed by atoms with E-state index >= 15 is 0 Å². The van der Waals surface area contributed by atoms with E-state index < -0.39 is 0 Å². The molecule has 0 aromatic carbocycles. The molecule has 0 aromatic rings. The number of likely N-dealkylation sites (N-methyl/N-ethyl adjacent to an activating group) is 1. The molecule has 0 rings (SSSR count). The van der Waals surface area contributed by atoms with Gasteiger partial charge < -0.3 is 10.2 Å². The Morgan fingerprint density at radius 1 is 1.58 bits per heavy atom. The number of hydrogen-bond donors (Lipinski definition) is 1. The maximum absolute atomic E-state index is 5.67. The monoisotopic (exact) mass is 210 g/mol. The zero-order chi connectivity index (χ0) is 9.40. The van der Waals surface area contributed by atoms with Gasteiger partial charge in [-0.3, -0.25) is 0 Å². The lowest BCUT2D eigenvalue weighted by Gasteiger charge is -2.13. The molecule has 12 heavy (non-hydrogen) atoms. The van der Waals surface area contributed by atoms with Crippen molar-refractivity contribution in [2.24, 2.45) is 0 Å². The third kappa shape index (κ3) is 6.92. The van der Waals surface area contributed by atoms with Crippen molar-refractivity contribution in [3.8, 4) is 0 Å². The zero-order valence-corrected chi connectivity index (χ0v) is 9.12. The number of hydrogen-bond acceptors (Lipinski definition) is 2. The first kappa shape index (κ1) is 12.2. The fourth-order valence-electron chi connectivity index (χ4n) is 0.674. The first-order valence-corrected chi connectivity index (χ1v) is 4.86. The summed E-state index contributed by atoms with van der Waals surface area (Å²) < 4.78 is 0. The van der Waals surface area contributed by atoms with Crippen LogP contribution in [0, 0.1) is 0 Å². The van der Waals surface area contributed by atoms with Gasteiger partial charge in [0.15, 0.2) is 0 Å². The molecule has 0 bridgehead atoms. The minimum absolute atomic E-state index is 0.649. The maximum Gasteiger partial charge on any atom is 0.0431 e. The van der Waals surface area contributed by atoms with Gasteiger partial charge in [0.1, 0.15) is 0 Å². The van der Waals surface area contributed by atoms with Crippen molar-refractivity contribution in [3.63, 3.8) is 0 Å². The highest BCUT2D eigenvalue weighted by atomic mass is 35.5. The molecule has 0 fully saturated rings. The van der Waals surface area contributed by atoms with Gasteiger partial charge in [-0.2, -0.15) is 0 Å². The van der Waals surface area contributed by atoms with Crippen LogP contribution >= 0.6 is 23.2 Å².